The summed E-state index contributed by atoms with van der Waals surface area (Å²) in [7, 11) is 2.23. The maximum absolute atomic E-state index is 3.67. The van der Waals surface area contributed by atoms with Gasteiger partial charge in [0, 0.05) is 21.8 Å². The number of nitrogens with zero attached hydrogens (tertiary/aromatic N) is 1. The van der Waals surface area contributed by atoms with Crippen LogP contribution < -0.4 is 5.32 Å². The third-order valence-electron chi connectivity index (χ3n) is 3.93. The largest absolute Gasteiger partial charge is 0.382 e. The van der Waals surface area contributed by atoms with Gasteiger partial charge in [-0.3, -0.25) is 0 Å². The van der Waals surface area contributed by atoms with Crippen LogP contribution in [0.4, 0.5) is 5.69 Å². The lowest BCUT2D eigenvalue weighted by molar-refractivity contribution is 0.197. The predicted molar refractivity (Wildman–Crippen MR) is 87.2 cm³/mol. The van der Waals surface area contributed by atoms with Crippen LogP contribution in [-0.2, 0) is 0 Å². The number of benzene rings is 1. The van der Waals surface area contributed by atoms with Crippen LogP contribution in [0, 0.1) is 16.4 Å². The lowest BCUT2D eigenvalue weighted by Gasteiger charge is -2.34. The molecule has 1 heterocycles. The molecule has 1 fully saturated rings. The van der Waals surface area contributed by atoms with Crippen LogP contribution in [-0.4, -0.2) is 31.1 Å². The number of anilines is 1. The van der Waals surface area contributed by atoms with E-state index in [1.54, 1.807) is 0 Å². The molecule has 18 heavy (non-hydrogen) atoms. The van der Waals surface area contributed by atoms with Crippen molar-refractivity contribution in [3.63, 3.8) is 0 Å². The molecule has 0 bridgehead atoms. The quantitative estimate of drug-likeness (QED) is 0.829. The second kappa shape index (κ2) is 6.24. The van der Waals surface area contributed by atoms with Gasteiger partial charge in [0.1, 0.15) is 0 Å². The molecule has 1 aromatic carbocycles. The van der Waals surface area contributed by atoms with Gasteiger partial charge in [-0.1, -0.05) is 6.07 Å². The smallest absolute Gasteiger partial charge is 0.0353 e. The molecule has 2 unspecified atom stereocenters. The van der Waals surface area contributed by atoms with Gasteiger partial charge in [0.25, 0.3) is 0 Å². The monoisotopic (exact) mass is 358 g/mol. The standard InChI is InChI=1S/C15H23IN2/c1-11-6-7-14(9-15(11)16)17-12(2)13-5-4-8-18(3)10-13/h6-7,9,12-13,17H,4-5,8,10H2,1-3H3. The molecule has 0 aromatic heterocycles. The Hall–Kier alpha value is -0.290. The molecule has 0 spiro atoms. The van der Waals surface area contributed by atoms with Crippen LogP contribution in [0.2, 0.25) is 0 Å². The molecular formula is C15H23IN2. The Bertz CT molecular complexity index is 405. The second-order valence-electron chi connectivity index (χ2n) is 5.56. The van der Waals surface area contributed by atoms with Crippen molar-refractivity contribution in [3.05, 3.63) is 27.3 Å². The summed E-state index contributed by atoms with van der Waals surface area (Å²) in [6, 6.07) is 7.19. The molecular weight excluding hydrogens is 335 g/mol. The Labute approximate surface area is 124 Å². The number of aryl methyl sites for hydroxylation is 1. The molecule has 1 N–H and O–H groups in total. The number of nitrogens with one attached hydrogen (secondary N) is 1. The maximum atomic E-state index is 3.67. The van der Waals surface area contributed by atoms with E-state index >= 15 is 0 Å². The van der Waals surface area contributed by atoms with Gasteiger partial charge in [-0.25, -0.2) is 0 Å². The fraction of sp³-hybridized carbons (Fsp3) is 0.600. The van der Waals surface area contributed by atoms with Gasteiger partial charge >= 0.3 is 0 Å². The fourth-order valence-electron chi connectivity index (χ4n) is 2.68. The molecule has 0 radical (unpaired) electrons. The molecule has 2 rings (SSSR count). The Morgan fingerprint density at radius 1 is 1.44 bits per heavy atom. The van der Waals surface area contributed by atoms with Gasteiger partial charge in [0.2, 0.25) is 0 Å². The van der Waals surface area contributed by atoms with Gasteiger partial charge in [-0.2, -0.15) is 0 Å². The van der Waals surface area contributed by atoms with E-state index < -0.39 is 0 Å². The summed E-state index contributed by atoms with van der Waals surface area (Å²) in [5.74, 6) is 0.766. The van der Waals surface area contributed by atoms with Crippen molar-refractivity contribution in [2.75, 3.05) is 25.5 Å². The van der Waals surface area contributed by atoms with Crippen molar-refractivity contribution < 1.29 is 0 Å². The van der Waals surface area contributed by atoms with E-state index in [1.165, 1.54) is 40.8 Å². The van der Waals surface area contributed by atoms with Crippen molar-refractivity contribution >= 4 is 28.3 Å². The van der Waals surface area contributed by atoms with E-state index in [-0.39, 0.29) is 0 Å². The van der Waals surface area contributed by atoms with Crippen LogP contribution in [0.25, 0.3) is 0 Å². The molecule has 100 valence electrons. The normalized spacial score (nSPS) is 22.8. The van der Waals surface area contributed by atoms with Gasteiger partial charge in [0.05, 0.1) is 0 Å². The van der Waals surface area contributed by atoms with E-state index in [0.29, 0.717) is 6.04 Å². The summed E-state index contributed by atoms with van der Waals surface area (Å²) in [6.07, 6.45) is 2.68. The molecule has 2 atom stereocenters. The summed E-state index contributed by atoms with van der Waals surface area (Å²) in [5, 5.41) is 3.67. The molecule has 0 saturated carbocycles. The first-order valence-corrected chi connectivity index (χ1v) is 7.85. The highest BCUT2D eigenvalue weighted by molar-refractivity contribution is 14.1. The molecule has 3 heteroatoms. The lowest BCUT2D eigenvalue weighted by atomic mass is 9.91. The van der Waals surface area contributed by atoms with Gasteiger partial charge in [-0.05, 0) is 86.5 Å². The number of rotatable bonds is 3. The minimum atomic E-state index is 0.547. The van der Waals surface area contributed by atoms with Gasteiger partial charge in [-0.15, -0.1) is 0 Å². The highest BCUT2D eigenvalue weighted by atomic mass is 127. The highest BCUT2D eigenvalue weighted by Crippen LogP contribution is 2.23. The average molecular weight is 358 g/mol. The Morgan fingerprint density at radius 2 is 2.22 bits per heavy atom. The fourth-order valence-corrected chi connectivity index (χ4v) is 3.19. The number of piperidine rings is 1. The Morgan fingerprint density at radius 3 is 2.89 bits per heavy atom. The molecule has 1 aliphatic heterocycles. The SMILES string of the molecule is Cc1ccc(NC(C)C2CCCN(C)C2)cc1I. The van der Waals surface area contributed by atoms with E-state index in [0.717, 1.165) is 5.92 Å². The van der Waals surface area contributed by atoms with Crippen molar-refractivity contribution in [2.45, 2.75) is 32.7 Å². The zero-order valence-corrected chi connectivity index (χ0v) is 13.7. The summed E-state index contributed by atoms with van der Waals surface area (Å²) >= 11 is 2.41. The van der Waals surface area contributed by atoms with Crippen molar-refractivity contribution in [3.8, 4) is 0 Å². The molecule has 1 aromatic rings. The number of hydrogen-bond donors (Lipinski definition) is 1. The number of likely N-dealkylation sites (tertiary alicyclic amines) is 1. The van der Waals surface area contributed by atoms with Crippen LogP contribution >= 0.6 is 22.6 Å². The van der Waals surface area contributed by atoms with Crippen LogP contribution in [0.5, 0.6) is 0 Å². The second-order valence-corrected chi connectivity index (χ2v) is 6.72. The van der Waals surface area contributed by atoms with Crippen LogP contribution in [0.1, 0.15) is 25.3 Å². The molecule has 0 amide bonds. The highest BCUT2D eigenvalue weighted by Gasteiger charge is 2.22. The zero-order chi connectivity index (χ0) is 13.1. The molecule has 2 nitrogen and oxygen atoms in total. The maximum Gasteiger partial charge on any atom is 0.0353 e. The van der Waals surface area contributed by atoms with Gasteiger partial charge < -0.3 is 10.2 Å². The molecule has 0 aliphatic carbocycles. The topological polar surface area (TPSA) is 15.3 Å². The van der Waals surface area contributed by atoms with Crippen molar-refractivity contribution in [1.82, 2.24) is 4.90 Å². The first-order valence-electron chi connectivity index (χ1n) is 6.77. The Kier molecular flexibility index (Phi) is 4.90. The minimum absolute atomic E-state index is 0.547. The molecule has 1 aliphatic rings. The summed E-state index contributed by atoms with van der Waals surface area (Å²) in [5.41, 5.74) is 2.61. The third kappa shape index (κ3) is 3.60. The zero-order valence-electron chi connectivity index (χ0n) is 11.5. The Balaban J connectivity index is 1.97. The average Bonchev–Trinajstić information content (AvgIpc) is 2.34. The summed E-state index contributed by atoms with van der Waals surface area (Å²) < 4.78 is 1.34. The van der Waals surface area contributed by atoms with Gasteiger partial charge in [0.15, 0.2) is 0 Å². The first-order chi connectivity index (χ1) is 8.56. The van der Waals surface area contributed by atoms with Crippen LogP contribution in [0.3, 0.4) is 0 Å². The first kappa shape index (κ1) is 14.1. The van der Waals surface area contributed by atoms with E-state index in [1.807, 2.05) is 0 Å². The predicted octanol–water partition coefficient (Wildman–Crippen LogP) is 3.74. The minimum Gasteiger partial charge on any atom is -0.382 e. The van der Waals surface area contributed by atoms with E-state index in [9.17, 15) is 0 Å². The number of hydrogen-bond acceptors (Lipinski definition) is 2. The summed E-state index contributed by atoms with van der Waals surface area (Å²) in [6.45, 7) is 6.95. The van der Waals surface area contributed by atoms with Crippen molar-refractivity contribution in [1.29, 1.82) is 0 Å². The van der Waals surface area contributed by atoms with Crippen molar-refractivity contribution in [2.24, 2.45) is 5.92 Å². The molecule has 1 saturated heterocycles. The third-order valence-corrected chi connectivity index (χ3v) is 5.10. The van der Waals surface area contributed by atoms with E-state index in [4.69, 9.17) is 0 Å². The van der Waals surface area contributed by atoms with Crippen LogP contribution in [0.15, 0.2) is 18.2 Å². The lowest BCUT2D eigenvalue weighted by Crippen LogP contribution is -2.39. The number of halogens is 1. The summed E-state index contributed by atoms with van der Waals surface area (Å²) in [4.78, 5) is 2.45. The van der Waals surface area contributed by atoms with E-state index in [2.05, 4.69) is 71.9 Å².